The predicted molar refractivity (Wildman–Crippen MR) is 67.0 cm³/mol. The van der Waals surface area contributed by atoms with Crippen LogP contribution < -0.4 is 0 Å². The van der Waals surface area contributed by atoms with E-state index in [1.54, 1.807) is 12.0 Å². The van der Waals surface area contributed by atoms with E-state index in [2.05, 4.69) is 0 Å². The van der Waals surface area contributed by atoms with E-state index in [-0.39, 0.29) is 17.8 Å². The van der Waals surface area contributed by atoms with E-state index < -0.39 is 5.60 Å². The number of methoxy groups -OCH3 is 2. The van der Waals surface area contributed by atoms with Crippen molar-refractivity contribution >= 4 is 11.9 Å². The summed E-state index contributed by atoms with van der Waals surface area (Å²) in [6.07, 6.45) is 1.98. The second-order valence-electron chi connectivity index (χ2n) is 4.88. The molecule has 1 fully saturated rings. The fourth-order valence-corrected chi connectivity index (χ4v) is 2.20. The molecule has 0 saturated carbocycles. The number of esters is 1. The number of carbonyl (C=O) groups excluding carboxylic acids is 2. The molecule has 5 nitrogen and oxygen atoms in total. The Hall–Kier alpha value is -1.10. The standard InChI is InChI=1S/C13H23NO4/c1-5-13(2,18-4)12(16)14-8-6-10(7-9-14)11(15)17-3/h10H,5-9H2,1-4H3. The molecule has 0 aliphatic carbocycles. The second kappa shape index (κ2) is 6.18. The number of ether oxygens (including phenoxy) is 2. The lowest BCUT2D eigenvalue weighted by atomic mass is 9.94. The highest BCUT2D eigenvalue weighted by Gasteiger charge is 2.37. The molecule has 0 spiro atoms. The topological polar surface area (TPSA) is 55.8 Å². The summed E-state index contributed by atoms with van der Waals surface area (Å²) in [5.41, 5.74) is -0.752. The maximum Gasteiger partial charge on any atom is 0.308 e. The van der Waals surface area contributed by atoms with Crippen LogP contribution in [-0.4, -0.2) is 49.7 Å². The first-order chi connectivity index (χ1) is 8.48. The SMILES string of the molecule is CCC(C)(OC)C(=O)N1CCC(C(=O)OC)CC1. The fourth-order valence-electron chi connectivity index (χ4n) is 2.20. The van der Waals surface area contributed by atoms with Gasteiger partial charge >= 0.3 is 5.97 Å². The average Bonchev–Trinajstić information content (AvgIpc) is 2.44. The van der Waals surface area contributed by atoms with Crippen LogP contribution in [0.2, 0.25) is 0 Å². The number of likely N-dealkylation sites (tertiary alicyclic amines) is 1. The van der Waals surface area contributed by atoms with Crippen molar-refractivity contribution in [3.8, 4) is 0 Å². The Balaban J connectivity index is 2.58. The van der Waals surface area contributed by atoms with Gasteiger partial charge in [-0.1, -0.05) is 6.92 Å². The van der Waals surface area contributed by atoms with Crippen molar-refractivity contribution in [2.45, 2.75) is 38.7 Å². The van der Waals surface area contributed by atoms with Crippen LogP contribution in [-0.2, 0) is 19.1 Å². The summed E-state index contributed by atoms with van der Waals surface area (Å²) in [5, 5.41) is 0. The summed E-state index contributed by atoms with van der Waals surface area (Å²) < 4.78 is 10.0. The zero-order chi connectivity index (χ0) is 13.8. The molecule has 1 rings (SSSR count). The Morgan fingerprint density at radius 1 is 1.28 bits per heavy atom. The molecule has 0 aromatic rings. The first-order valence-electron chi connectivity index (χ1n) is 6.40. The third-order valence-electron chi connectivity index (χ3n) is 3.89. The van der Waals surface area contributed by atoms with Crippen molar-refractivity contribution < 1.29 is 19.1 Å². The Kier molecular flexibility index (Phi) is 5.14. The van der Waals surface area contributed by atoms with E-state index in [0.29, 0.717) is 32.4 Å². The van der Waals surface area contributed by atoms with Crippen LogP contribution in [0.5, 0.6) is 0 Å². The van der Waals surface area contributed by atoms with E-state index in [4.69, 9.17) is 9.47 Å². The Labute approximate surface area is 108 Å². The van der Waals surface area contributed by atoms with Gasteiger partial charge in [0.2, 0.25) is 0 Å². The van der Waals surface area contributed by atoms with Gasteiger partial charge in [-0.2, -0.15) is 0 Å². The largest absolute Gasteiger partial charge is 0.469 e. The van der Waals surface area contributed by atoms with Gasteiger partial charge in [-0.05, 0) is 26.2 Å². The quantitative estimate of drug-likeness (QED) is 0.710. The number of rotatable bonds is 4. The highest BCUT2D eigenvalue weighted by Crippen LogP contribution is 2.23. The van der Waals surface area contributed by atoms with Gasteiger partial charge in [-0.25, -0.2) is 0 Å². The summed E-state index contributed by atoms with van der Waals surface area (Å²) in [6.45, 7) is 4.93. The lowest BCUT2D eigenvalue weighted by molar-refractivity contribution is -0.158. The lowest BCUT2D eigenvalue weighted by Gasteiger charge is -2.36. The Morgan fingerprint density at radius 3 is 2.22 bits per heavy atom. The highest BCUT2D eigenvalue weighted by molar-refractivity contribution is 5.85. The minimum absolute atomic E-state index is 0.0100. The first-order valence-corrected chi connectivity index (χ1v) is 6.40. The molecule has 1 amide bonds. The predicted octanol–water partition coefficient (Wildman–Crippen LogP) is 1.21. The maximum atomic E-state index is 12.3. The van der Waals surface area contributed by atoms with Gasteiger partial charge in [0.05, 0.1) is 13.0 Å². The summed E-state index contributed by atoms with van der Waals surface area (Å²) in [6, 6.07) is 0. The lowest BCUT2D eigenvalue weighted by Crippen LogP contribution is -2.51. The Morgan fingerprint density at radius 2 is 1.83 bits per heavy atom. The van der Waals surface area contributed by atoms with E-state index >= 15 is 0 Å². The molecule has 0 aromatic heterocycles. The van der Waals surface area contributed by atoms with Gasteiger partial charge in [0, 0.05) is 20.2 Å². The van der Waals surface area contributed by atoms with Gasteiger partial charge in [-0.15, -0.1) is 0 Å². The molecule has 1 unspecified atom stereocenters. The molecule has 5 heteroatoms. The van der Waals surface area contributed by atoms with Crippen molar-refractivity contribution in [3.05, 3.63) is 0 Å². The van der Waals surface area contributed by atoms with Gasteiger partial charge in [0.15, 0.2) is 0 Å². The van der Waals surface area contributed by atoms with Crippen LogP contribution >= 0.6 is 0 Å². The minimum Gasteiger partial charge on any atom is -0.469 e. The first kappa shape index (κ1) is 15.0. The minimum atomic E-state index is -0.752. The molecule has 1 aliphatic heterocycles. The van der Waals surface area contributed by atoms with Crippen molar-refractivity contribution in [1.82, 2.24) is 4.90 Å². The van der Waals surface area contributed by atoms with Crippen molar-refractivity contribution in [3.63, 3.8) is 0 Å². The van der Waals surface area contributed by atoms with E-state index in [1.807, 2.05) is 13.8 Å². The molecule has 18 heavy (non-hydrogen) atoms. The number of hydrogen-bond donors (Lipinski definition) is 0. The zero-order valence-electron chi connectivity index (χ0n) is 11.7. The number of hydrogen-bond acceptors (Lipinski definition) is 4. The van der Waals surface area contributed by atoms with Crippen LogP contribution in [0.15, 0.2) is 0 Å². The van der Waals surface area contributed by atoms with Crippen LogP contribution in [0, 0.1) is 5.92 Å². The third kappa shape index (κ3) is 3.02. The van der Waals surface area contributed by atoms with Crippen LogP contribution in [0.3, 0.4) is 0 Å². The van der Waals surface area contributed by atoms with Gasteiger partial charge in [0.25, 0.3) is 5.91 Å². The zero-order valence-corrected chi connectivity index (χ0v) is 11.7. The van der Waals surface area contributed by atoms with E-state index in [1.165, 1.54) is 7.11 Å². The van der Waals surface area contributed by atoms with Crippen molar-refractivity contribution in [1.29, 1.82) is 0 Å². The average molecular weight is 257 g/mol. The summed E-state index contributed by atoms with van der Waals surface area (Å²) >= 11 is 0. The van der Waals surface area contributed by atoms with Gasteiger partial charge in [-0.3, -0.25) is 9.59 Å². The molecular weight excluding hydrogens is 234 g/mol. The maximum absolute atomic E-state index is 12.3. The molecule has 1 atom stereocenters. The molecule has 0 bridgehead atoms. The van der Waals surface area contributed by atoms with Crippen molar-refractivity contribution in [2.24, 2.45) is 5.92 Å². The molecular formula is C13H23NO4. The smallest absolute Gasteiger partial charge is 0.308 e. The second-order valence-corrected chi connectivity index (χ2v) is 4.88. The molecule has 0 aromatic carbocycles. The van der Waals surface area contributed by atoms with Crippen LogP contribution in [0.1, 0.15) is 33.1 Å². The molecule has 1 aliphatic rings. The van der Waals surface area contributed by atoms with Crippen molar-refractivity contribution in [2.75, 3.05) is 27.3 Å². The van der Waals surface area contributed by atoms with E-state index in [0.717, 1.165) is 0 Å². The number of piperidine rings is 1. The normalized spacial score (nSPS) is 20.3. The third-order valence-corrected chi connectivity index (χ3v) is 3.89. The number of carbonyl (C=O) groups is 2. The summed E-state index contributed by atoms with van der Waals surface area (Å²) in [5.74, 6) is -0.239. The molecule has 1 saturated heterocycles. The van der Waals surface area contributed by atoms with Crippen LogP contribution in [0.4, 0.5) is 0 Å². The van der Waals surface area contributed by atoms with Gasteiger partial charge < -0.3 is 14.4 Å². The van der Waals surface area contributed by atoms with E-state index in [9.17, 15) is 9.59 Å². The van der Waals surface area contributed by atoms with Crippen LogP contribution in [0.25, 0.3) is 0 Å². The fraction of sp³-hybridized carbons (Fsp3) is 0.846. The number of amides is 1. The molecule has 1 heterocycles. The highest BCUT2D eigenvalue weighted by atomic mass is 16.5. The monoisotopic (exact) mass is 257 g/mol. The summed E-state index contributed by atoms with van der Waals surface area (Å²) in [7, 11) is 2.96. The summed E-state index contributed by atoms with van der Waals surface area (Å²) in [4.78, 5) is 25.5. The molecule has 0 radical (unpaired) electrons. The Bertz CT molecular complexity index is 304. The number of nitrogens with zero attached hydrogens (tertiary/aromatic N) is 1. The van der Waals surface area contributed by atoms with Gasteiger partial charge in [0.1, 0.15) is 5.60 Å². The molecule has 0 N–H and O–H groups in total. The molecule has 104 valence electrons.